The van der Waals surface area contributed by atoms with Gasteiger partial charge in [0.05, 0.1) is 12.9 Å². The van der Waals surface area contributed by atoms with Crippen molar-refractivity contribution in [1.29, 1.82) is 0 Å². The minimum Gasteiger partial charge on any atom is -0.494 e. The topological polar surface area (TPSA) is 83.8 Å². The summed E-state index contributed by atoms with van der Waals surface area (Å²) in [6.45, 7) is 3.02. The maximum Gasteiger partial charge on any atom is 0.321 e. The molecule has 0 aliphatic rings. The Balaban J connectivity index is 1.52. The lowest BCUT2D eigenvalue weighted by Gasteiger charge is -2.18. The van der Waals surface area contributed by atoms with Crippen LogP contribution >= 0.6 is 0 Å². The summed E-state index contributed by atoms with van der Waals surface area (Å²) in [4.78, 5) is 26.0. The molecule has 7 heteroatoms. The lowest BCUT2D eigenvalue weighted by molar-refractivity contribution is 0.0996. The Morgan fingerprint density at radius 3 is 2.21 bits per heavy atom. The minimum atomic E-state index is -0.332. The number of amides is 3. The quantitative estimate of drug-likeness (QED) is 0.615. The first kappa shape index (κ1) is 20.0. The van der Waals surface area contributed by atoms with Crippen molar-refractivity contribution in [3.8, 4) is 5.75 Å². The van der Waals surface area contributed by atoms with Crippen LogP contribution in [0, 0.1) is 0 Å². The van der Waals surface area contributed by atoms with E-state index in [4.69, 9.17) is 9.15 Å². The van der Waals surface area contributed by atoms with E-state index in [1.807, 2.05) is 31.2 Å². The number of anilines is 2. The van der Waals surface area contributed by atoms with Crippen molar-refractivity contribution in [3.63, 3.8) is 0 Å². The molecule has 0 saturated carbocycles. The Labute approximate surface area is 169 Å². The summed E-state index contributed by atoms with van der Waals surface area (Å²) in [5.41, 5.74) is 2.23. The Morgan fingerprint density at radius 2 is 1.62 bits per heavy atom. The third-order valence-electron chi connectivity index (χ3n) is 4.14. The van der Waals surface area contributed by atoms with Gasteiger partial charge in [0.25, 0.3) is 5.91 Å². The number of rotatable bonds is 7. The molecule has 0 saturated heterocycles. The van der Waals surface area contributed by atoms with Crippen molar-refractivity contribution in [2.75, 3.05) is 24.3 Å². The highest BCUT2D eigenvalue weighted by Crippen LogP contribution is 2.17. The molecule has 3 amide bonds. The van der Waals surface area contributed by atoms with E-state index >= 15 is 0 Å². The van der Waals surface area contributed by atoms with E-state index < -0.39 is 0 Å². The molecule has 0 aliphatic heterocycles. The molecule has 0 aliphatic carbocycles. The highest BCUT2D eigenvalue weighted by atomic mass is 16.5. The Morgan fingerprint density at radius 1 is 0.966 bits per heavy atom. The van der Waals surface area contributed by atoms with Crippen LogP contribution in [-0.2, 0) is 6.54 Å². The van der Waals surface area contributed by atoms with Crippen LogP contribution in [0.5, 0.6) is 5.75 Å². The number of urea groups is 1. The molecule has 150 valence electrons. The van der Waals surface area contributed by atoms with Gasteiger partial charge in [0.2, 0.25) is 0 Å². The molecule has 3 rings (SSSR count). The molecule has 29 heavy (non-hydrogen) atoms. The fraction of sp³-hybridized carbons (Fsp3) is 0.182. The van der Waals surface area contributed by atoms with Gasteiger partial charge in [0.1, 0.15) is 5.75 Å². The molecule has 1 heterocycles. The lowest BCUT2D eigenvalue weighted by atomic mass is 10.2. The van der Waals surface area contributed by atoms with E-state index in [2.05, 4.69) is 10.6 Å². The van der Waals surface area contributed by atoms with Crippen molar-refractivity contribution < 1.29 is 18.7 Å². The molecular weight excluding hydrogens is 370 g/mol. The van der Waals surface area contributed by atoms with Gasteiger partial charge in [-0.25, -0.2) is 4.79 Å². The van der Waals surface area contributed by atoms with Gasteiger partial charge in [0.15, 0.2) is 5.76 Å². The second-order valence-electron chi connectivity index (χ2n) is 6.37. The molecule has 2 N–H and O–H groups in total. The van der Waals surface area contributed by atoms with E-state index in [1.165, 1.54) is 6.26 Å². The number of hydrogen-bond acceptors (Lipinski definition) is 4. The van der Waals surface area contributed by atoms with Crippen molar-refractivity contribution in [2.45, 2.75) is 13.5 Å². The maximum absolute atomic E-state index is 12.4. The molecular formula is C22H23N3O4. The largest absolute Gasteiger partial charge is 0.494 e. The van der Waals surface area contributed by atoms with E-state index in [0.29, 0.717) is 24.5 Å². The van der Waals surface area contributed by atoms with Gasteiger partial charge in [-0.15, -0.1) is 0 Å². The molecule has 0 atom stereocenters. The number of carbonyl (C=O) groups is 2. The van der Waals surface area contributed by atoms with Gasteiger partial charge < -0.3 is 24.7 Å². The Hall–Kier alpha value is -3.74. The predicted octanol–water partition coefficient (Wildman–Crippen LogP) is 4.59. The zero-order valence-corrected chi connectivity index (χ0v) is 16.3. The monoisotopic (exact) mass is 393 g/mol. The van der Waals surface area contributed by atoms with Crippen molar-refractivity contribution in [2.24, 2.45) is 0 Å². The normalized spacial score (nSPS) is 10.3. The average Bonchev–Trinajstić information content (AvgIpc) is 3.26. The number of carbonyl (C=O) groups excluding carboxylic acids is 2. The van der Waals surface area contributed by atoms with Crippen LogP contribution in [-0.4, -0.2) is 30.5 Å². The number of hydrogen-bond donors (Lipinski definition) is 2. The predicted molar refractivity (Wildman–Crippen MR) is 111 cm³/mol. The number of furan rings is 1. The molecule has 7 nitrogen and oxygen atoms in total. The van der Waals surface area contributed by atoms with Crippen LogP contribution < -0.4 is 15.4 Å². The summed E-state index contributed by atoms with van der Waals surface area (Å²) in [7, 11) is 1.73. The lowest BCUT2D eigenvalue weighted by Crippen LogP contribution is -2.30. The number of nitrogens with zero attached hydrogens (tertiary/aromatic N) is 1. The average molecular weight is 393 g/mol. The first-order valence-electron chi connectivity index (χ1n) is 9.24. The summed E-state index contributed by atoms with van der Waals surface area (Å²) in [5.74, 6) is 0.711. The molecule has 1 aromatic heterocycles. The fourth-order valence-corrected chi connectivity index (χ4v) is 2.66. The minimum absolute atomic E-state index is 0.230. The number of benzene rings is 2. The Kier molecular flexibility index (Phi) is 6.52. The smallest absolute Gasteiger partial charge is 0.321 e. The zero-order valence-electron chi connectivity index (χ0n) is 16.3. The van der Waals surface area contributed by atoms with Gasteiger partial charge in [-0.3, -0.25) is 4.79 Å². The SMILES string of the molecule is CCOc1ccc(CN(C)C(=O)Nc2ccc(NC(=O)c3ccco3)cc2)cc1. The van der Waals surface area contributed by atoms with Gasteiger partial charge in [0, 0.05) is 25.0 Å². The van der Waals surface area contributed by atoms with Crippen molar-refractivity contribution in [1.82, 2.24) is 4.90 Å². The van der Waals surface area contributed by atoms with Crippen LogP contribution in [0.3, 0.4) is 0 Å². The van der Waals surface area contributed by atoms with E-state index in [1.54, 1.807) is 48.3 Å². The molecule has 0 bridgehead atoms. The first-order valence-corrected chi connectivity index (χ1v) is 9.24. The van der Waals surface area contributed by atoms with E-state index in [0.717, 1.165) is 11.3 Å². The highest BCUT2D eigenvalue weighted by Gasteiger charge is 2.11. The second kappa shape index (κ2) is 9.45. The van der Waals surface area contributed by atoms with Crippen LogP contribution in [0.4, 0.5) is 16.2 Å². The highest BCUT2D eigenvalue weighted by molar-refractivity contribution is 6.02. The molecule has 2 aromatic carbocycles. The van der Waals surface area contributed by atoms with Crippen LogP contribution in [0.15, 0.2) is 71.3 Å². The summed E-state index contributed by atoms with van der Waals surface area (Å²) >= 11 is 0. The zero-order chi connectivity index (χ0) is 20.6. The van der Waals surface area contributed by atoms with Gasteiger partial charge in [-0.05, 0) is 61.0 Å². The third kappa shape index (κ3) is 5.62. The van der Waals surface area contributed by atoms with Crippen LogP contribution in [0.25, 0.3) is 0 Å². The number of nitrogens with one attached hydrogen (secondary N) is 2. The van der Waals surface area contributed by atoms with Crippen molar-refractivity contribution in [3.05, 3.63) is 78.3 Å². The molecule has 0 unspecified atom stereocenters. The number of ether oxygens (including phenoxy) is 1. The molecule has 0 radical (unpaired) electrons. The summed E-state index contributed by atoms with van der Waals surface area (Å²) in [5, 5.41) is 5.56. The maximum atomic E-state index is 12.4. The van der Waals surface area contributed by atoms with Crippen molar-refractivity contribution >= 4 is 23.3 Å². The summed E-state index contributed by atoms with van der Waals surface area (Å²) in [6, 6.07) is 17.5. The van der Waals surface area contributed by atoms with E-state index in [-0.39, 0.29) is 17.7 Å². The van der Waals surface area contributed by atoms with E-state index in [9.17, 15) is 9.59 Å². The van der Waals surface area contributed by atoms with Crippen LogP contribution in [0.2, 0.25) is 0 Å². The first-order chi connectivity index (χ1) is 14.0. The third-order valence-corrected chi connectivity index (χ3v) is 4.14. The molecule has 0 fully saturated rings. The second-order valence-corrected chi connectivity index (χ2v) is 6.37. The van der Waals surface area contributed by atoms with Gasteiger partial charge >= 0.3 is 6.03 Å². The summed E-state index contributed by atoms with van der Waals surface area (Å²) < 4.78 is 10.5. The van der Waals surface area contributed by atoms with Gasteiger partial charge in [-0.2, -0.15) is 0 Å². The fourth-order valence-electron chi connectivity index (χ4n) is 2.66. The standard InChI is InChI=1S/C22H23N3O4/c1-3-28-19-12-6-16(7-13-19)15-25(2)22(27)24-18-10-8-17(9-11-18)23-21(26)20-5-4-14-29-20/h4-14H,3,15H2,1-2H3,(H,23,26)(H,24,27). The van der Waals surface area contributed by atoms with Crippen LogP contribution in [0.1, 0.15) is 23.0 Å². The Bertz CT molecular complexity index is 935. The molecule has 0 spiro atoms. The molecule has 3 aromatic rings. The van der Waals surface area contributed by atoms with Gasteiger partial charge in [-0.1, -0.05) is 12.1 Å². The summed E-state index contributed by atoms with van der Waals surface area (Å²) in [6.07, 6.45) is 1.44.